The van der Waals surface area contributed by atoms with Crippen molar-refractivity contribution in [3.8, 4) is 11.5 Å². The van der Waals surface area contributed by atoms with Crippen molar-refractivity contribution in [1.29, 1.82) is 0 Å². The summed E-state index contributed by atoms with van der Waals surface area (Å²) in [4.78, 5) is 14.6. The minimum Gasteiger partial charge on any atom is -0.466 e. The van der Waals surface area contributed by atoms with Gasteiger partial charge in [0.05, 0.1) is 12.1 Å². The molecule has 2 heterocycles. The molecule has 0 fully saturated rings. The standard InChI is InChI=1S/C19H21N3O3/c1-12(2)22(19(23)16-10-13(3)24-14(16)4)11-17-20-21-18(25-17)15-8-6-5-7-9-15/h5-10,12H,11H2,1-4H3. The molecule has 0 aliphatic heterocycles. The molecule has 0 bridgehead atoms. The molecule has 3 rings (SSSR count). The quantitative estimate of drug-likeness (QED) is 0.702. The van der Waals surface area contributed by atoms with Crippen molar-refractivity contribution in [3.05, 3.63) is 59.4 Å². The molecule has 0 N–H and O–H groups in total. The Labute approximate surface area is 146 Å². The predicted molar refractivity (Wildman–Crippen MR) is 92.9 cm³/mol. The van der Waals surface area contributed by atoms with Gasteiger partial charge in [-0.25, -0.2) is 0 Å². The number of benzene rings is 1. The number of amides is 1. The van der Waals surface area contributed by atoms with Crippen LogP contribution in [-0.4, -0.2) is 27.0 Å². The fourth-order valence-corrected chi connectivity index (χ4v) is 2.65. The smallest absolute Gasteiger partial charge is 0.258 e. The number of aryl methyl sites for hydroxylation is 2. The largest absolute Gasteiger partial charge is 0.466 e. The van der Waals surface area contributed by atoms with Crippen molar-refractivity contribution < 1.29 is 13.6 Å². The van der Waals surface area contributed by atoms with Gasteiger partial charge in [-0.05, 0) is 45.9 Å². The van der Waals surface area contributed by atoms with Crippen molar-refractivity contribution >= 4 is 5.91 Å². The minimum atomic E-state index is -0.108. The summed E-state index contributed by atoms with van der Waals surface area (Å²) in [5.74, 6) is 2.07. The highest BCUT2D eigenvalue weighted by molar-refractivity contribution is 5.95. The van der Waals surface area contributed by atoms with Gasteiger partial charge in [0.15, 0.2) is 0 Å². The first-order valence-electron chi connectivity index (χ1n) is 8.21. The van der Waals surface area contributed by atoms with Crippen molar-refractivity contribution in [2.45, 2.75) is 40.3 Å². The Hall–Kier alpha value is -2.89. The zero-order valence-electron chi connectivity index (χ0n) is 14.8. The normalized spacial score (nSPS) is 11.1. The Morgan fingerprint density at radius 2 is 1.84 bits per heavy atom. The first-order chi connectivity index (χ1) is 12.0. The lowest BCUT2D eigenvalue weighted by atomic mass is 10.2. The number of carbonyl (C=O) groups is 1. The van der Waals surface area contributed by atoms with Crippen LogP contribution in [0.4, 0.5) is 0 Å². The minimum absolute atomic E-state index is 0.0193. The lowest BCUT2D eigenvalue weighted by molar-refractivity contribution is 0.0670. The molecule has 6 heteroatoms. The van der Waals surface area contributed by atoms with E-state index in [9.17, 15) is 4.79 Å². The molecule has 130 valence electrons. The Kier molecular flexibility index (Phi) is 4.70. The Morgan fingerprint density at radius 1 is 1.12 bits per heavy atom. The number of aromatic nitrogens is 2. The van der Waals surface area contributed by atoms with E-state index in [-0.39, 0.29) is 18.5 Å². The molecule has 0 aliphatic rings. The maximum absolute atomic E-state index is 12.9. The Balaban J connectivity index is 1.82. The van der Waals surface area contributed by atoms with Gasteiger partial charge in [0.25, 0.3) is 5.91 Å². The van der Waals surface area contributed by atoms with Gasteiger partial charge >= 0.3 is 0 Å². The number of rotatable bonds is 5. The summed E-state index contributed by atoms with van der Waals surface area (Å²) in [6.45, 7) is 7.77. The van der Waals surface area contributed by atoms with E-state index in [4.69, 9.17) is 8.83 Å². The molecule has 0 radical (unpaired) electrons. The highest BCUT2D eigenvalue weighted by Gasteiger charge is 2.25. The monoisotopic (exact) mass is 339 g/mol. The van der Waals surface area contributed by atoms with E-state index in [1.54, 1.807) is 17.9 Å². The lowest BCUT2D eigenvalue weighted by Gasteiger charge is -2.24. The fourth-order valence-electron chi connectivity index (χ4n) is 2.65. The van der Waals surface area contributed by atoms with Gasteiger partial charge < -0.3 is 13.7 Å². The van der Waals surface area contributed by atoms with E-state index in [2.05, 4.69) is 10.2 Å². The van der Waals surface area contributed by atoms with Gasteiger partial charge in [-0.1, -0.05) is 18.2 Å². The van der Waals surface area contributed by atoms with Gasteiger partial charge in [0.2, 0.25) is 11.8 Å². The molecule has 0 saturated carbocycles. The van der Waals surface area contributed by atoms with E-state index >= 15 is 0 Å². The van der Waals surface area contributed by atoms with Crippen molar-refractivity contribution in [2.24, 2.45) is 0 Å². The zero-order valence-corrected chi connectivity index (χ0v) is 14.8. The first kappa shape index (κ1) is 17.0. The molecule has 0 spiro atoms. The highest BCUT2D eigenvalue weighted by Crippen LogP contribution is 2.21. The van der Waals surface area contributed by atoms with Crippen LogP contribution in [0.3, 0.4) is 0 Å². The summed E-state index contributed by atoms with van der Waals surface area (Å²) >= 11 is 0. The third kappa shape index (κ3) is 3.63. The molecule has 1 amide bonds. The summed E-state index contributed by atoms with van der Waals surface area (Å²) < 4.78 is 11.2. The second-order valence-electron chi connectivity index (χ2n) is 6.22. The fraction of sp³-hybridized carbons (Fsp3) is 0.316. The van der Waals surface area contributed by atoms with Gasteiger partial charge in [0.1, 0.15) is 11.5 Å². The van der Waals surface area contributed by atoms with Crippen molar-refractivity contribution in [3.63, 3.8) is 0 Å². The topological polar surface area (TPSA) is 72.4 Å². The Bertz CT molecular complexity index is 865. The molecule has 0 atom stereocenters. The maximum atomic E-state index is 12.9. The summed E-state index contributed by atoms with van der Waals surface area (Å²) in [6.07, 6.45) is 0. The molecule has 0 saturated heterocycles. The Morgan fingerprint density at radius 3 is 2.44 bits per heavy atom. The first-order valence-corrected chi connectivity index (χ1v) is 8.21. The zero-order chi connectivity index (χ0) is 18.0. The van der Waals surface area contributed by atoms with E-state index < -0.39 is 0 Å². The van der Waals surface area contributed by atoms with Crippen LogP contribution in [0.1, 0.15) is 41.6 Å². The van der Waals surface area contributed by atoms with Gasteiger partial charge in [-0.15, -0.1) is 10.2 Å². The van der Waals surface area contributed by atoms with Crippen LogP contribution >= 0.6 is 0 Å². The van der Waals surface area contributed by atoms with Crippen LogP contribution in [0, 0.1) is 13.8 Å². The van der Waals surface area contributed by atoms with Crippen LogP contribution in [0.5, 0.6) is 0 Å². The third-order valence-corrected chi connectivity index (χ3v) is 3.95. The average molecular weight is 339 g/mol. The SMILES string of the molecule is Cc1cc(C(=O)N(Cc2nnc(-c3ccccc3)o2)C(C)C)c(C)o1. The summed E-state index contributed by atoms with van der Waals surface area (Å²) in [5.41, 5.74) is 1.42. The summed E-state index contributed by atoms with van der Waals surface area (Å²) in [7, 11) is 0. The molecule has 25 heavy (non-hydrogen) atoms. The molecule has 3 aromatic rings. The van der Waals surface area contributed by atoms with Crippen LogP contribution in [0.25, 0.3) is 11.5 Å². The predicted octanol–water partition coefficient (Wildman–Crippen LogP) is 4.00. The molecular weight excluding hydrogens is 318 g/mol. The summed E-state index contributed by atoms with van der Waals surface area (Å²) in [5, 5.41) is 8.16. The number of furan rings is 1. The molecule has 0 aliphatic carbocycles. The molecular formula is C19H21N3O3. The number of hydrogen-bond donors (Lipinski definition) is 0. The van der Waals surface area contributed by atoms with E-state index in [1.165, 1.54) is 0 Å². The number of carbonyl (C=O) groups excluding carboxylic acids is 1. The highest BCUT2D eigenvalue weighted by atomic mass is 16.4. The average Bonchev–Trinajstić information content (AvgIpc) is 3.19. The van der Waals surface area contributed by atoms with Gasteiger partial charge in [-0.2, -0.15) is 0 Å². The van der Waals surface area contributed by atoms with E-state index in [1.807, 2.05) is 51.1 Å². The number of hydrogen-bond acceptors (Lipinski definition) is 5. The van der Waals surface area contributed by atoms with Crippen LogP contribution in [0.2, 0.25) is 0 Å². The van der Waals surface area contributed by atoms with Gasteiger partial charge in [-0.3, -0.25) is 4.79 Å². The van der Waals surface area contributed by atoms with Crippen molar-refractivity contribution in [1.82, 2.24) is 15.1 Å². The summed E-state index contributed by atoms with van der Waals surface area (Å²) in [6, 6.07) is 11.3. The van der Waals surface area contributed by atoms with E-state index in [0.717, 1.165) is 5.56 Å². The van der Waals surface area contributed by atoms with Crippen LogP contribution in [0.15, 0.2) is 45.2 Å². The van der Waals surface area contributed by atoms with E-state index in [0.29, 0.717) is 28.9 Å². The maximum Gasteiger partial charge on any atom is 0.258 e. The third-order valence-electron chi connectivity index (χ3n) is 3.95. The molecule has 0 unspecified atom stereocenters. The molecule has 2 aromatic heterocycles. The lowest BCUT2D eigenvalue weighted by Crippen LogP contribution is -2.36. The van der Waals surface area contributed by atoms with Crippen molar-refractivity contribution in [2.75, 3.05) is 0 Å². The number of nitrogens with zero attached hydrogens (tertiary/aromatic N) is 3. The second kappa shape index (κ2) is 6.93. The van der Waals surface area contributed by atoms with Crippen LogP contribution < -0.4 is 0 Å². The van der Waals surface area contributed by atoms with Gasteiger partial charge in [0, 0.05) is 11.6 Å². The van der Waals surface area contributed by atoms with Crippen LogP contribution in [-0.2, 0) is 6.54 Å². The molecule has 6 nitrogen and oxygen atoms in total. The second-order valence-corrected chi connectivity index (χ2v) is 6.22. The molecule has 1 aromatic carbocycles.